The Balaban J connectivity index is 2.48. The Morgan fingerprint density at radius 1 is 1.06 bits per heavy atom. The van der Waals surface area contributed by atoms with Crippen LogP contribution in [0.5, 0.6) is 0 Å². The van der Waals surface area contributed by atoms with Crippen LogP contribution >= 0.6 is 15.9 Å². The molecule has 2 rings (SSSR count). The number of aliphatic hydroxyl groups excluding tert-OH is 1. The predicted octanol–water partition coefficient (Wildman–Crippen LogP) is 4.05. The summed E-state index contributed by atoms with van der Waals surface area (Å²) in [5.41, 5.74) is 5.20. The lowest BCUT2D eigenvalue weighted by molar-refractivity contribution is 0.217. The number of hydrogen-bond donors (Lipinski definition) is 1. The first-order chi connectivity index (χ1) is 8.00. The number of hydrogen-bond acceptors (Lipinski definition) is 2. The van der Waals surface area contributed by atoms with Crippen LogP contribution < -0.4 is 0 Å². The third-order valence-corrected chi connectivity index (χ3v) is 3.76. The molecule has 1 aromatic heterocycles. The van der Waals surface area contributed by atoms with Gasteiger partial charge in [0.15, 0.2) is 4.67 Å². The van der Waals surface area contributed by atoms with E-state index in [2.05, 4.69) is 35.8 Å². The van der Waals surface area contributed by atoms with Crippen LogP contribution in [0.25, 0.3) is 0 Å². The van der Waals surface area contributed by atoms with Crippen LogP contribution in [0.3, 0.4) is 0 Å². The van der Waals surface area contributed by atoms with Gasteiger partial charge in [0.1, 0.15) is 6.10 Å². The molecule has 0 aliphatic rings. The van der Waals surface area contributed by atoms with E-state index >= 15 is 0 Å². The molecule has 0 fully saturated rings. The maximum Gasteiger partial charge on any atom is 0.175 e. The van der Waals surface area contributed by atoms with Crippen LogP contribution in [0.4, 0.5) is 0 Å². The van der Waals surface area contributed by atoms with Gasteiger partial charge in [0.05, 0.1) is 6.26 Å². The van der Waals surface area contributed by atoms with Gasteiger partial charge in [-0.05, 0) is 65.0 Å². The summed E-state index contributed by atoms with van der Waals surface area (Å²) in [7, 11) is 0. The van der Waals surface area contributed by atoms with E-state index in [0.29, 0.717) is 4.67 Å². The second-order valence-electron chi connectivity index (χ2n) is 4.35. The molecule has 1 aromatic carbocycles. The van der Waals surface area contributed by atoms with Crippen LogP contribution in [0.2, 0.25) is 0 Å². The van der Waals surface area contributed by atoms with Crippen LogP contribution in [-0.4, -0.2) is 5.11 Å². The zero-order chi connectivity index (χ0) is 12.6. The van der Waals surface area contributed by atoms with Crippen molar-refractivity contribution in [2.24, 2.45) is 0 Å². The van der Waals surface area contributed by atoms with E-state index in [1.807, 2.05) is 13.0 Å². The van der Waals surface area contributed by atoms with E-state index < -0.39 is 6.10 Å². The molecule has 0 bridgehead atoms. The van der Waals surface area contributed by atoms with E-state index in [0.717, 1.165) is 16.7 Å². The van der Waals surface area contributed by atoms with Crippen LogP contribution in [-0.2, 0) is 0 Å². The van der Waals surface area contributed by atoms with Gasteiger partial charge in [0, 0.05) is 5.56 Å². The quantitative estimate of drug-likeness (QED) is 0.906. The largest absolute Gasteiger partial charge is 0.457 e. The molecule has 2 aromatic rings. The maximum absolute atomic E-state index is 10.4. The normalized spacial score (nSPS) is 12.8. The Hall–Kier alpha value is -1.06. The van der Waals surface area contributed by atoms with E-state index in [4.69, 9.17) is 4.42 Å². The highest BCUT2D eigenvalue weighted by Crippen LogP contribution is 2.32. The summed E-state index contributed by atoms with van der Waals surface area (Å²) in [5.74, 6) is 0. The monoisotopic (exact) mass is 294 g/mol. The Bertz CT molecular complexity index is 543. The van der Waals surface area contributed by atoms with E-state index in [9.17, 15) is 5.11 Å². The Kier molecular flexibility index (Phi) is 3.40. The molecule has 1 heterocycles. The Morgan fingerprint density at radius 2 is 1.71 bits per heavy atom. The predicted molar refractivity (Wildman–Crippen MR) is 71.1 cm³/mol. The number of furan rings is 1. The smallest absolute Gasteiger partial charge is 0.175 e. The fourth-order valence-electron chi connectivity index (χ4n) is 1.94. The molecular formula is C14H15BrO2. The number of aryl methyl sites for hydroxylation is 3. The van der Waals surface area contributed by atoms with Crippen LogP contribution in [0, 0.1) is 20.8 Å². The molecule has 1 N–H and O–H groups in total. The van der Waals surface area contributed by atoms with E-state index in [-0.39, 0.29) is 0 Å². The zero-order valence-electron chi connectivity index (χ0n) is 10.1. The topological polar surface area (TPSA) is 33.4 Å². The average Bonchev–Trinajstić information content (AvgIpc) is 2.69. The van der Waals surface area contributed by atoms with Crippen LogP contribution in [0.15, 0.2) is 33.5 Å². The van der Waals surface area contributed by atoms with Crippen molar-refractivity contribution in [3.05, 3.63) is 56.9 Å². The van der Waals surface area contributed by atoms with Gasteiger partial charge in [-0.2, -0.15) is 0 Å². The van der Waals surface area contributed by atoms with E-state index in [1.54, 1.807) is 12.3 Å². The minimum atomic E-state index is -0.651. The molecular weight excluding hydrogens is 280 g/mol. The van der Waals surface area contributed by atoms with Gasteiger partial charge >= 0.3 is 0 Å². The molecule has 17 heavy (non-hydrogen) atoms. The van der Waals surface area contributed by atoms with Crippen molar-refractivity contribution in [2.45, 2.75) is 26.9 Å². The highest BCUT2D eigenvalue weighted by atomic mass is 79.9. The van der Waals surface area contributed by atoms with Crippen molar-refractivity contribution in [3.8, 4) is 0 Å². The lowest BCUT2D eigenvalue weighted by Gasteiger charge is -2.15. The fourth-order valence-corrected chi connectivity index (χ4v) is 2.40. The number of rotatable bonds is 2. The number of aliphatic hydroxyl groups is 1. The third kappa shape index (κ3) is 2.31. The molecule has 0 aliphatic carbocycles. The van der Waals surface area contributed by atoms with Crippen LogP contribution in [0.1, 0.15) is 33.9 Å². The van der Waals surface area contributed by atoms with Crippen molar-refractivity contribution < 1.29 is 9.52 Å². The second kappa shape index (κ2) is 4.67. The van der Waals surface area contributed by atoms with Crippen molar-refractivity contribution in [1.82, 2.24) is 0 Å². The molecule has 0 radical (unpaired) electrons. The molecule has 1 atom stereocenters. The summed E-state index contributed by atoms with van der Waals surface area (Å²) in [4.78, 5) is 0. The Labute approximate surface area is 109 Å². The molecule has 1 unspecified atom stereocenters. The summed E-state index contributed by atoms with van der Waals surface area (Å²) in [6.07, 6.45) is 0.918. The second-order valence-corrected chi connectivity index (χ2v) is 5.07. The van der Waals surface area contributed by atoms with Gasteiger partial charge in [0.2, 0.25) is 0 Å². The van der Waals surface area contributed by atoms with Gasteiger partial charge < -0.3 is 9.52 Å². The highest BCUT2D eigenvalue weighted by molar-refractivity contribution is 9.10. The van der Waals surface area contributed by atoms with Gasteiger partial charge in [0.25, 0.3) is 0 Å². The minimum Gasteiger partial charge on any atom is -0.457 e. The molecule has 0 saturated carbocycles. The third-order valence-electron chi connectivity index (χ3n) is 3.12. The maximum atomic E-state index is 10.4. The van der Waals surface area contributed by atoms with Gasteiger partial charge in [-0.1, -0.05) is 12.1 Å². The molecule has 3 heteroatoms. The summed E-state index contributed by atoms with van der Waals surface area (Å²) >= 11 is 3.30. The zero-order valence-corrected chi connectivity index (χ0v) is 11.7. The molecule has 0 aliphatic heterocycles. The average molecular weight is 295 g/mol. The standard InChI is InChI=1S/C14H15BrO2/c1-8-6-10(3)12(7-9(8)2)13(16)11-4-5-17-14(11)15/h4-7,13,16H,1-3H3. The number of halogens is 1. The van der Waals surface area contributed by atoms with Crippen molar-refractivity contribution >= 4 is 15.9 Å². The lowest BCUT2D eigenvalue weighted by atomic mass is 9.95. The summed E-state index contributed by atoms with van der Waals surface area (Å²) in [6, 6.07) is 5.92. The summed E-state index contributed by atoms with van der Waals surface area (Å²) in [5, 5.41) is 10.4. The minimum absolute atomic E-state index is 0.586. The van der Waals surface area contributed by atoms with E-state index in [1.165, 1.54) is 11.1 Å². The summed E-state index contributed by atoms with van der Waals surface area (Å²) < 4.78 is 5.74. The van der Waals surface area contributed by atoms with Crippen molar-refractivity contribution in [1.29, 1.82) is 0 Å². The molecule has 0 saturated heterocycles. The molecule has 0 spiro atoms. The molecule has 0 amide bonds. The first kappa shape index (κ1) is 12.4. The first-order valence-corrected chi connectivity index (χ1v) is 6.28. The Morgan fingerprint density at radius 3 is 2.29 bits per heavy atom. The van der Waals surface area contributed by atoms with Crippen molar-refractivity contribution in [3.63, 3.8) is 0 Å². The van der Waals surface area contributed by atoms with Gasteiger partial charge in [-0.15, -0.1) is 0 Å². The highest BCUT2D eigenvalue weighted by Gasteiger charge is 2.18. The van der Waals surface area contributed by atoms with Gasteiger partial charge in [-0.25, -0.2) is 0 Å². The summed E-state index contributed by atoms with van der Waals surface area (Å²) in [6.45, 7) is 6.14. The first-order valence-electron chi connectivity index (χ1n) is 5.49. The SMILES string of the molecule is Cc1cc(C)c(C(O)c2ccoc2Br)cc1C. The number of benzene rings is 1. The van der Waals surface area contributed by atoms with Gasteiger partial charge in [-0.3, -0.25) is 0 Å². The molecule has 90 valence electrons. The molecule has 2 nitrogen and oxygen atoms in total. The van der Waals surface area contributed by atoms with Crippen molar-refractivity contribution in [2.75, 3.05) is 0 Å². The fraction of sp³-hybridized carbons (Fsp3) is 0.286. The lowest BCUT2D eigenvalue weighted by Crippen LogP contribution is -2.03.